The van der Waals surface area contributed by atoms with Crippen molar-refractivity contribution in [3.8, 4) is 0 Å². The van der Waals surface area contributed by atoms with E-state index in [9.17, 15) is 9.90 Å². The Labute approximate surface area is 111 Å². The van der Waals surface area contributed by atoms with Crippen LogP contribution in [0.2, 0.25) is 0 Å². The lowest BCUT2D eigenvalue weighted by Crippen LogP contribution is -2.58. The number of carboxylic acid groups (broad SMARTS) is 1. The lowest BCUT2D eigenvalue weighted by atomic mass is 9.73. The first-order chi connectivity index (χ1) is 8.69. The zero-order valence-electron chi connectivity index (χ0n) is 11.7. The smallest absolute Gasteiger partial charge is 0.324 e. The Hall–Kier alpha value is -0.570. The standard InChI is InChI=1S/C15H27NO2/c1-2-6-13-7-9-15(10-8-13,14(17)18)16-11-4-3-5-12-16/h13H,2-12H2,1H3,(H,17,18). The van der Waals surface area contributed by atoms with E-state index in [-0.39, 0.29) is 0 Å². The van der Waals surface area contributed by atoms with Gasteiger partial charge in [-0.05, 0) is 57.5 Å². The number of carbonyl (C=O) groups is 1. The Kier molecular flexibility index (Phi) is 4.66. The summed E-state index contributed by atoms with van der Waals surface area (Å²) in [7, 11) is 0. The number of piperidine rings is 1. The minimum Gasteiger partial charge on any atom is -0.480 e. The van der Waals surface area contributed by atoms with Crippen molar-refractivity contribution in [3.63, 3.8) is 0 Å². The summed E-state index contributed by atoms with van der Waals surface area (Å²) < 4.78 is 0. The molecule has 2 rings (SSSR count). The van der Waals surface area contributed by atoms with Gasteiger partial charge in [-0.3, -0.25) is 9.69 Å². The van der Waals surface area contributed by atoms with Crippen LogP contribution in [0.1, 0.15) is 64.7 Å². The van der Waals surface area contributed by atoms with E-state index in [1.807, 2.05) is 0 Å². The molecule has 1 aliphatic carbocycles. The van der Waals surface area contributed by atoms with Crippen molar-refractivity contribution in [1.29, 1.82) is 0 Å². The topological polar surface area (TPSA) is 40.5 Å². The lowest BCUT2D eigenvalue weighted by Gasteiger charge is -2.46. The second kappa shape index (κ2) is 6.05. The van der Waals surface area contributed by atoms with Crippen LogP contribution >= 0.6 is 0 Å². The molecule has 1 heterocycles. The van der Waals surface area contributed by atoms with E-state index in [4.69, 9.17) is 0 Å². The Balaban J connectivity index is 2.02. The van der Waals surface area contributed by atoms with Gasteiger partial charge in [-0.1, -0.05) is 26.2 Å². The van der Waals surface area contributed by atoms with Gasteiger partial charge in [0.1, 0.15) is 5.54 Å². The van der Waals surface area contributed by atoms with Crippen molar-refractivity contribution in [2.75, 3.05) is 13.1 Å². The molecule has 3 nitrogen and oxygen atoms in total. The fourth-order valence-electron chi connectivity index (χ4n) is 3.84. The third-order valence-electron chi connectivity index (χ3n) is 4.99. The molecule has 1 N–H and O–H groups in total. The highest BCUT2D eigenvalue weighted by Crippen LogP contribution is 2.39. The largest absolute Gasteiger partial charge is 0.480 e. The number of likely N-dealkylation sites (tertiary alicyclic amines) is 1. The molecule has 0 unspecified atom stereocenters. The average Bonchev–Trinajstić information content (AvgIpc) is 2.41. The molecule has 3 heteroatoms. The van der Waals surface area contributed by atoms with Crippen LogP contribution in [0, 0.1) is 5.92 Å². The predicted octanol–water partition coefficient (Wildman–Crippen LogP) is 3.29. The van der Waals surface area contributed by atoms with Crippen molar-refractivity contribution >= 4 is 5.97 Å². The van der Waals surface area contributed by atoms with Gasteiger partial charge in [0.25, 0.3) is 0 Å². The van der Waals surface area contributed by atoms with Gasteiger partial charge in [-0.15, -0.1) is 0 Å². The number of nitrogens with zero attached hydrogens (tertiary/aromatic N) is 1. The van der Waals surface area contributed by atoms with Crippen LogP contribution in [0.3, 0.4) is 0 Å². The van der Waals surface area contributed by atoms with E-state index in [2.05, 4.69) is 11.8 Å². The van der Waals surface area contributed by atoms with Crippen LogP contribution in [0.4, 0.5) is 0 Å². The van der Waals surface area contributed by atoms with Crippen molar-refractivity contribution in [2.45, 2.75) is 70.3 Å². The molecule has 1 saturated carbocycles. The Morgan fingerprint density at radius 1 is 1.22 bits per heavy atom. The highest BCUT2D eigenvalue weighted by atomic mass is 16.4. The maximum Gasteiger partial charge on any atom is 0.324 e. The van der Waals surface area contributed by atoms with Crippen LogP contribution in [-0.2, 0) is 4.79 Å². The minimum absolute atomic E-state index is 0.523. The molecule has 104 valence electrons. The van der Waals surface area contributed by atoms with Crippen LogP contribution in [-0.4, -0.2) is 34.6 Å². The molecule has 0 aromatic rings. The summed E-state index contributed by atoms with van der Waals surface area (Å²) in [6, 6.07) is 0. The number of carboxylic acids is 1. The van der Waals surface area contributed by atoms with Gasteiger partial charge in [0.2, 0.25) is 0 Å². The zero-order valence-corrected chi connectivity index (χ0v) is 11.7. The van der Waals surface area contributed by atoms with Gasteiger partial charge in [0.15, 0.2) is 0 Å². The minimum atomic E-state index is -0.570. The molecule has 0 bridgehead atoms. The molecule has 2 fully saturated rings. The number of hydrogen-bond donors (Lipinski definition) is 1. The molecule has 18 heavy (non-hydrogen) atoms. The second-order valence-corrected chi connectivity index (χ2v) is 6.12. The summed E-state index contributed by atoms with van der Waals surface area (Å²) in [6.45, 7) is 4.21. The SMILES string of the molecule is CCCC1CCC(C(=O)O)(N2CCCCC2)CC1. The van der Waals surface area contributed by atoms with Gasteiger partial charge < -0.3 is 5.11 Å². The quantitative estimate of drug-likeness (QED) is 0.836. The van der Waals surface area contributed by atoms with Crippen LogP contribution in [0.15, 0.2) is 0 Å². The van der Waals surface area contributed by atoms with E-state index in [1.54, 1.807) is 0 Å². The first-order valence-corrected chi connectivity index (χ1v) is 7.67. The van der Waals surface area contributed by atoms with Crippen molar-refractivity contribution in [1.82, 2.24) is 4.90 Å². The molecular weight excluding hydrogens is 226 g/mol. The predicted molar refractivity (Wildman–Crippen MR) is 72.7 cm³/mol. The first kappa shape index (κ1) is 13.9. The molecule has 0 radical (unpaired) electrons. The van der Waals surface area contributed by atoms with E-state index < -0.39 is 11.5 Å². The van der Waals surface area contributed by atoms with Crippen LogP contribution < -0.4 is 0 Å². The van der Waals surface area contributed by atoms with Crippen molar-refractivity contribution in [3.05, 3.63) is 0 Å². The Morgan fingerprint density at radius 2 is 1.83 bits per heavy atom. The zero-order chi connectivity index (χ0) is 13.0. The van der Waals surface area contributed by atoms with Crippen LogP contribution in [0.5, 0.6) is 0 Å². The molecular formula is C15H27NO2. The summed E-state index contributed by atoms with van der Waals surface area (Å²) in [6.07, 6.45) is 10.1. The second-order valence-electron chi connectivity index (χ2n) is 6.12. The fraction of sp³-hybridized carbons (Fsp3) is 0.933. The monoisotopic (exact) mass is 253 g/mol. The van der Waals surface area contributed by atoms with Crippen LogP contribution in [0.25, 0.3) is 0 Å². The third kappa shape index (κ3) is 2.71. The first-order valence-electron chi connectivity index (χ1n) is 7.67. The maximum absolute atomic E-state index is 11.8. The number of aliphatic carboxylic acids is 1. The normalized spacial score (nSPS) is 34.4. The summed E-state index contributed by atoms with van der Waals surface area (Å²) in [5.41, 5.74) is -0.523. The molecule has 0 aromatic carbocycles. The molecule has 0 atom stereocenters. The molecule has 0 amide bonds. The average molecular weight is 253 g/mol. The summed E-state index contributed by atoms with van der Waals surface area (Å²) in [5, 5.41) is 9.72. The van der Waals surface area contributed by atoms with Gasteiger partial charge in [0.05, 0.1) is 0 Å². The van der Waals surface area contributed by atoms with E-state index in [0.29, 0.717) is 0 Å². The number of rotatable bonds is 4. The van der Waals surface area contributed by atoms with Gasteiger partial charge in [-0.2, -0.15) is 0 Å². The number of hydrogen-bond acceptors (Lipinski definition) is 2. The maximum atomic E-state index is 11.8. The highest BCUT2D eigenvalue weighted by molar-refractivity contribution is 5.79. The Bertz CT molecular complexity index is 276. The third-order valence-corrected chi connectivity index (χ3v) is 4.99. The summed E-state index contributed by atoms with van der Waals surface area (Å²) in [4.78, 5) is 14.1. The van der Waals surface area contributed by atoms with Gasteiger partial charge in [-0.25, -0.2) is 0 Å². The van der Waals surface area contributed by atoms with E-state index >= 15 is 0 Å². The highest BCUT2D eigenvalue weighted by Gasteiger charge is 2.46. The molecule has 2 aliphatic rings. The Morgan fingerprint density at radius 3 is 2.33 bits per heavy atom. The molecule has 0 spiro atoms. The lowest BCUT2D eigenvalue weighted by molar-refractivity contribution is -0.156. The molecule has 1 saturated heterocycles. The summed E-state index contributed by atoms with van der Waals surface area (Å²) >= 11 is 0. The summed E-state index contributed by atoms with van der Waals surface area (Å²) in [5.74, 6) is 0.201. The fourth-order valence-corrected chi connectivity index (χ4v) is 3.84. The van der Waals surface area contributed by atoms with Gasteiger partial charge in [0, 0.05) is 0 Å². The molecule has 0 aromatic heterocycles. The van der Waals surface area contributed by atoms with Crippen molar-refractivity contribution in [2.24, 2.45) is 5.92 Å². The van der Waals surface area contributed by atoms with E-state index in [1.165, 1.54) is 32.1 Å². The van der Waals surface area contributed by atoms with E-state index in [0.717, 1.165) is 44.7 Å². The molecule has 1 aliphatic heterocycles. The van der Waals surface area contributed by atoms with Gasteiger partial charge >= 0.3 is 5.97 Å². The van der Waals surface area contributed by atoms with Crippen molar-refractivity contribution < 1.29 is 9.90 Å².